The summed E-state index contributed by atoms with van der Waals surface area (Å²) in [6.07, 6.45) is -13.4. The average molecular weight is 651 g/mol. The molecule has 41 heavy (non-hydrogen) atoms. The van der Waals surface area contributed by atoms with E-state index in [0.29, 0.717) is 4.57 Å². The SMILES string of the molecule is CC(=O)N[C@H]1C(OP(=O)([O-])OP(=O)([O-])OC[C@H]2OC(n3ccc(=O)[nH]c3=O)[C@H](O)[C@@H]2O)O[C@H](CO)[C@H](O)[C@@H]1O.[Na+].[Na+]. The molecule has 24 heteroatoms. The van der Waals surface area contributed by atoms with Crippen molar-refractivity contribution in [1.29, 1.82) is 0 Å². The fourth-order valence-electron chi connectivity index (χ4n) is 3.74. The first-order valence-electron chi connectivity index (χ1n) is 10.9. The summed E-state index contributed by atoms with van der Waals surface area (Å²) in [5.74, 6) is -0.829. The Kier molecular flexibility index (Phi) is 15.2. The van der Waals surface area contributed by atoms with Crippen molar-refractivity contribution in [3.05, 3.63) is 33.1 Å². The summed E-state index contributed by atoms with van der Waals surface area (Å²) in [6.45, 7) is -1.09. The van der Waals surface area contributed by atoms with Gasteiger partial charge in [0.25, 0.3) is 21.2 Å². The number of rotatable bonds is 10. The standard InChI is InChI=1S/C17H27N3O17P2.2Na/c1-6(22)18-10-13(26)11(24)7(4-21)35-16(10)36-39(31,32)37-38(29,30)33-5-8-12(25)14(27)15(34-8)20-3-2-9(23)19-17(20)28;;/h2-3,7-8,10-16,21,24-27H,4-5H2,1H3,(H,18,22)(H,29,30)(H,31,32)(H,19,23,28);;/q;2*+1/p-2/t7-,8-,10-,11+,12-,13-,14-,15?,16?;;/m1../s1. The number of aliphatic hydroxyl groups excluding tert-OH is 5. The van der Waals surface area contributed by atoms with Crippen LogP contribution >= 0.6 is 15.6 Å². The monoisotopic (exact) mass is 651 g/mol. The minimum atomic E-state index is -5.94. The van der Waals surface area contributed by atoms with Crippen molar-refractivity contribution in [3.8, 4) is 0 Å². The van der Waals surface area contributed by atoms with E-state index in [0.717, 1.165) is 19.2 Å². The minimum Gasteiger partial charge on any atom is -0.756 e. The molecule has 4 unspecified atom stereocenters. The number of ether oxygens (including phenoxy) is 2. The van der Waals surface area contributed by atoms with E-state index in [1.807, 2.05) is 4.98 Å². The second-order valence-corrected chi connectivity index (χ2v) is 11.3. The molecule has 0 saturated carbocycles. The van der Waals surface area contributed by atoms with Crippen LogP contribution in [0.15, 0.2) is 21.9 Å². The van der Waals surface area contributed by atoms with E-state index in [1.165, 1.54) is 0 Å². The molecule has 2 saturated heterocycles. The molecule has 0 aliphatic carbocycles. The first-order chi connectivity index (χ1) is 18.0. The maximum Gasteiger partial charge on any atom is 1.00 e. The van der Waals surface area contributed by atoms with Crippen molar-refractivity contribution >= 4 is 21.6 Å². The molecule has 20 nitrogen and oxygen atoms in total. The maximum atomic E-state index is 12.3. The summed E-state index contributed by atoms with van der Waals surface area (Å²) in [5, 5.41) is 51.7. The number of nitrogens with one attached hydrogen (secondary N) is 2. The van der Waals surface area contributed by atoms with Gasteiger partial charge in [0.1, 0.15) is 42.7 Å². The molecule has 0 spiro atoms. The number of carbonyl (C=O) groups excluding carboxylic acids is 1. The largest absolute Gasteiger partial charge is 1.00 e. The van der Waals surface area contributed by atoms with Crippen LogP contribution in [-0.2, 0) is 36.8 Å². The first kappa shape index (κ1) is 39.2. The zero-order chi connectivity index (χ0) is 29.3. The molecule has 0 radical (unpaired) electrons. The quantitative estimate of drug-likeness (QED) is 0.0912. The van der Waals surface area contributed by atoms with Crippen LogP contribution in [0.5, 0.6) is 0 Å². The average Bonchev–Trinajstić information content (AvgIpc) is 3.10. The van der Waals surface area contributed by atoms with Gasteiger partial charge in [-0.3, -0.25) is 32.8 Å². The molecule has 11 atom stereocenters. The van der Waals surface area contributed by atoms with Gasteiger partial charge in [-0.05, 0) is 0 Å². The third-order valence-corrected chi connectivity index (χ3v) is 8.07. The summed E-state index contributed by atoms with van der Waals surface area (Å²) in [5.41, 5.74) is -1.79. The predicted octanol–water partition coefficient (Wildman–Crippen LogP) is -11.9. The Balaban J connectivity index is 0.00000420. The van der Waals surface area contributed by atoms with E-state index in [1.54, 1.807) is 0 Å². The molecular weight excluding hydrogens is 626 g/mol. The van der Waals surface area contributed by atoms with Crippen molar-refractivity contribution in [2.75, 3.05) is 13.2 Å². The van der Waals surface area contributed by atoms with Gasteiger partial charge in [0, 0.05) is 19.2 Å². The second kappa shape index (κ2) is 15.9. The fourth-order valence-corrected chi connectivity index (χ4v) is 5.83. The van der Waals surface area contributed by atoms with Gasteiger partial charge in [0.05, 0.1) is 13.2 Å². The molecule has 1 aromatic rings. The van der Waals surface area contributed by atoms with Crippen molar-refractivity contribution in [3.63, 3.8) is 0 Å². The van der Waals surface area contributed by atoms with E-state index in [4.69, 9.17) is 9.47 Å². The number of phosphoric ester groups is 2. The van der Waals surface area contributed by atoms with Crippen LogP contribution in [0.4, 0.5) is 0 Å². The maximum absolute atomic E-state index is 12.3. The normalized spacial score (nSPS) is 34.4. The van der Waals surface area contributed by atoms with Crippen molar-refractivity contribution < 1.29 is 131 Å². The molecular formula is C17H25N3Na2O17P2. The van der Waals surface area contributed by atoms with Gasteiger partial charge in [-0.2, -0.15) is 0 Å². The molecule has 3 rings (SSSR count). The number of aromatic amines is 1. The van der Waals surface area contributed by atoms with Gasteiger partial charge in [0.15, 0.2) is 12.5 Å². The van der Waals surface area contributed by atoms with Crippen LogP contribution < -0.4 is 85.5 Å². The zero-order valence-electron chi connectivity index (χ0n) is 21.7. The number of H-pyrrole nitrogens is 1. The Morgan fingerprint density at radius 3 is 2.22 bits per heavy atom. The zero-order valence-corrected chi connectivity index (χ0v) is 27.5. The van der Waals surface area contributed by atoms with Gasteiger partial charge in [-0.15, -0.1) is 0 Å². The molecule has 2 aliphatic heterocycles. The van der Waals surface area contributed by atoms with Crippen LogP contribution in [0, 0.1) is 0 Å². The number of nitrogens with zero attached hydrogens (tertiary/aromatic N) is 1. The predicted molar refractivity (Wildman–Crippen MR) is 116 cm³/mol. The Bertz CT molecular complexity index is 1250. The van der Waals surface area contributed by atoms with E-state index < -0.39 is 101 Å². The number of hydrogen-bond acceptors (Lipinski definition) is 17. The third kappa shape index (κ3) is 10.1. The molecule has 1 aromatic heterocycles. The topological polar surface area (TPSA) is 312 Å². The molecule has 0 bridgehead atoms. The number of amides is 1. The summed E-state index contributed by atoms with van der Waals surface area (Å²) < 4.78 is 48.2. The van der Waals surface area contributed by atoms with Crippen LogP contribution in [0.1, 0.15) is 13.2 Å². The molecule has 2 aliphatic rings. The molecule has 0 aromatic carbocycles. The molecule has 2 fully saturated rings. The second-order valence-electron chi connectivity index (χ2n) is 8.37. The minimum absolute atomic E-state index is 0. The summed E-state index contributed by atoms with van der Waals surface area (Å²) in [6, 6.07) is -0.844. The first-order valence-corrected chi connectivity index (χ1v) is 13.9. The van der Waals surface area contributed by atoms with E-state index in [2.05, 4.69) is 18.7 Å². The Hall–Kier alpha value is 0.130. The summed E-state index contributed by atoms with van der Waals surface area (Å²) in [7, 11) is -11.8. The Morgan fingerprint density at radius 2 is 1.66 bits per heavy atom. The van der Waals surface area contributed by atoms with Crippen LogP contribution in [-0.4, -0.2) is 103 Å². The van der Waals surface area contributed by atoms with Crippen LogP contribution in [0.25, 0.3) is 0 Å². The van der Waals surface area contributed by atoms with Crippen molar-refractivity contribution in [1.82, 2.24) is 14.9 Å². The number of aromatic nitrogens is 2. The number of phosphoric acid groups is 2. The molecule has 3 heterocycles. The van der Waals surface area contributed by atoms with Gasteiger partial charge in [-0.1, -0.05) is 0 Å². The van der Waals surface area contributed by atoms with Gasteiger partial charge < -0.3 is 54.6 Å². The van der Waals surface area contributed by atoms with Crippen LogP contribution in [0.3, 0.4) is 0 Å². The van der Waals surface area contributed by atoms with E-state index in [9.17, 15) is 58.8 Å². The number of aliphatic hydroxyl groups is 5. The third-order valence-electron chi connectivity index (χ3n) is 5.54. The fraction of sp³-hybridized carbons (Fsp3) is 0.706. The molecule has 222 valence electrons. The van der Waals surface area contributed by atoms with Crippen molar-refractivity contribution in [2.24, 2.45) is 0 Å². The van der Waals surface area contributed by atoms with Crippen molar-refractivity contribution in [2.45, 2.75) is 62.1 Å². The Labute approximate surface area is 274 Å². The summed E-state index contributed by atoms with van der Waals surface area (Å²) in [4.78, 5) is 60.9. The summed E-state index contributed by atoms with van der Waals surface area (Å²) >= 11 is 0. The van der Waals surface area contributed by atoms with Gasteiger partial charge >= 0.3 is 64.8 Å². The number of hydrogen-bond donors (Lipinski definition) is 7. The number of carbonyl (C=O) groups is 1. The molecule has 1 amide bonds. The van der Waals surface area contributed by atoms with Gasteiger partial charge in [0.2, 0.25) is 5.91 Å². The smallest absolute Gasteiger partial charge is 0.756 e. The van der Waals surface area contributed by atoms with Gasteiger partial charge in [-0.25, -0.2) is 9.11 Å². The van der Waals surface area contributed by atoms with E-state index >= 15 is 0 Å². The van der Waals surface area contributed by atoms with E-state index in [-0.39, 0.29) is 59.1 Å². The van der Waals surface area contributed by atoms with Crippen LogP contribution in [0.2, 0.25) is 0 Å². The Morgan fingerprint density at radius 1 is 1.05 bits per heavy atom. The molecule has 7 N–H and O–H groups in total.